The summed E-state index contributed by atoms with van der Waals surface area (Å²) in [6, 6.07) is 0.905. The second-order valence-corrected chi connectivity index (χ2v) is 4.10. The maximum atomic E-state index is 13.6. The van der Waals surface area contributed by atoms with Gasteiger partial charge < -0.3 is 5.32 Å². The van der Waals surface area contributed by atoms with Gasteiger partial charge in [-0.05, 0) is 0 Å². The highest BCUT2D eigenvalue weighted by Crippen LogP contribution is 2.28. The van der Waals surface area contributed by atoms with Crippen molar-refractivity contribution in [1.82, 2.24) is 9.97 Å². The van der Waals surface area contributed by atoms with E-state index < -0.39 is 33.8 Å². The molecular formula is C11H5ClF2N4O3. The molecule has 0 aliphatic carbocycles. The molecule has 0 saturated heterocycles. The van der Waals surface area contributed by atoms with Crippen LogP contribution >= 0.6 is 11.6 Å². The summed E-state index contributed by atoms with van der Waals surface area (Å²) in [5, 5.41) is 12.8. The minimum atomic E-state index is -1.28. The standard InChI is InChI=1S/C11H5ClF2N4O3/c12-9-4-15-7(3-16-9)11(19)17-10-6(14)1-5(13)2-8(10)18(20)21/h1-4H,(H,17,19). The summed E-state index contributed by atoms with van der Waals surface area (Å²) >= 11 is 5.49. The number of anilines is 1. The van der Waals surface area contributed by atoms with Crippen molar-refractivity contribution in [2.45, 2.75) is 0 Å². The third-order valence-corrected chi connectivity index (χ3v) is 2.52. The Labute approximate surface area is 120 Å². The summed E-state index contributed by atoms with van der Waals surface area (Å²) in [5.74, 6) is -3.37. The van der Waals surface area contributed by atoms with E-state index in [9.17, 15) is 23.7 Å². The molecule has 0 saturated carbocycles. The number of carbonyl (C=O) groups is 1. The van der Waals surface area contributed by atoms with Gasteiger partial charge in [-0.15, -0.1) is 0 Å². The Kier molecular flexibility index (Phi) is 4.03. The van der Waals surface area contributed by atoms with Crippen LogP contribution in [0.5, 0.6) is 0 Å². The van der Waals surface area contributed by atoms with Crippen LogP contribution in [0.25, 0.3) is 0 Å². The van der Waals surface area contributed by atoms with E-state index in [1.165, 1.54) is 0 Å². The van der Waals surface area contributed by atoms with Gasteiger partial charge in [0.1, 0.15) is 16.7 Å². The molecule has 10 heteroatoms. The molecule has 2 aromatic rings. The molecule has 0 fully saturated rings. The summed E-state index contributed by atoms with van der Waals surface area (Å²) in [5.41, 5.74) is -1.91. The van der Waals surface area contributed by atoms with Gasteiger partial charge >= 0.3 is 0 Å². The van der Waals surface area contributed by atoms with E-state index in [4.69, 9.17) is 11.6 Å². The number of amides is 1. The van der Waals surface area contributed by atoms with Gasteiger partial charge in [0.15, 0.2) is 11.5 Å². The Morgan fingerprint density at radius 3 is 2.57 bits per heavy atom. The third-order valence-electron chi connectivity index (χ3n) is 2.32. The minimum Gasteiger partial charge on any atom is -0.312 e. The molecule has 0 aliphatic heterocycles. The topological polar surface area (TPSA) is 98.0 Å². The van der Waals surface area contributed by atoms with Crippen molar-refractivity contribution < 1.29 is 18.5 Å². The van der Waals surface area contributed by atoms with Gasteiger partial charge in [0.25, 0.3) is 11.6 Å². The fourth-order valence-corrected chi connectivity index (χ4v) is 1.53. The van der Waals surface area contributed by atoms with E-state index in [2.05, 4.69) is 9.97 Å². The summed E-state index contributed by atoms with van der Waals surface area (Å²) in [4.78, 5) is 28.8. The largest absolute Gasteiger partial charge is 0.312 e. The molecular weight excluding hydrogens is 310 g/mol. The molecule has 0 bridgehead atoms. The van der Waals surface area contributed by atoms with Crippen LogP contribution in [-0.2, 0) is 0 Å². The molecule has 1 heterocycles. The van der Waals surface area contributed by atoms with Crippen LogP contribution in [0, 0.1) is 21.7 Å². The highest BCUT2D eigenvalue weighted by atomic mass is 35.5. The molecule has 0 spiro atoms. The zero-order valence-corrected chi connectivity index (χ0v) is 10.8. The Morgan fingerprint density at radius 1 is 1.29 bits per heavy atom. The first-order valence-electron chi connectivity index (χ1n) is 5.31. The number of nitro groups is 1. The molecule has 1 aromatic heterocycles. The molecule has 1 amide bonds. The van der Waals surface area contributed by atoms with E-state index in [-0.39, 0.29) is 10.8 Å². The number of halogens is 3. The monoisotopic (exact) mass is 314 g/mol. The lowest BCUT2D eigenvalue weighted by Gasteiger charge is -2.06. The van der Waals surface area contributed by atoms with Gasteiger partial charge in [0.05, 0.1) is 23.4 Å². The Bertz CT molecular complexity index is 724. The van der Waals surface area contributed by atoms with Gasteiger partial charge in [-0.25, -0.2) is 18.7 Å². The number of rotatable bonds is 3. The summed E-state index contributed by atoms with van der Waals surface area (Å²) in [7, 11) is 0. The number of carbonyl (C=O) groups excluding carboxylic acids is 1. The van der Waals surface area contributed by atoms with Crippen molar-refractivity contribution in [2.75, 3.05) is 5.32 Å². The first-order chi connectivity index (χ1) is 9.88. The third kappa shape index (κ3) is 3.26. The van der Waals surface area contributed by atoms with E-state index in [1.54, 1.807) is 0 Å². The van der Waals surface area contributed by atoms with Crippen molar-refractivity contribution in [2.24, 2.45) is 0 Å². The predicted octanol–water partition coefficient (Wildman–Crippen LogP) is 2.57. The van der Waals surface area contributed by atoms with Crippen LogP contribution in [0.3, 0.4) is 0 Å². The molecule has 7 nitrogen and oxygen atoms in total. The lowest BCUT2D eigenvalue weighted by atomic mass is 10.2. The summed E-state index contributed by atoms with van der Waals surface area (Å²) in [6.07, 6.45) is 2.08. The number of hydrogen-bond donors (Lipinski definition) is 1. The van der Waals surface area contributed by atoms with Crippen LogP contribution < -0.4 is 5.32 Å². The number of hydrogen-bond acceptors (Lipinski definition) is 5. The average molecular weight is 315 g/mol. The van der Waals surface area contributed by atoms with E-state index in [0.29, 0.717) is 12.1 Å². The molecule has 2 rings (SSSR count). The van der Waals surface area contributed by atoms with Crippen LogP contribution in [0.4, 0.5) is 20.2 Å². The van der Waals surface area contributed by atoms with Gasteiger partial charge in [-0.1, -0.05) is 11.6 Å². The minimum absolute atomic E-state index is 0.0329. The van der Waals surface area contributed by atoms with Crippen molar-refractivity contribution in [1.29, 1.82) is 0 Å². The van der Waals surface area contributed by atoms with Crippen molar-refractivity contribution in [3.63, 3.8) is 0 Å². The fraction of sp³-hybridized carbons (Fsp3) is 0. The fourth-order valence-electron chi connectivity index (χ4n) is 1.43. The quantitative estimate of drug-likeness (QED) is 0.693. The van der Waals surface area contributed by atoms with Crippen LogP contribution in [-0.4, -0.2) is 20.8 Å². The van der Waals surface area contributed by atoms with Gasteiger partial charge in [0, 0.05) is 6.07 Å². The number of aromatic nitrogens is 2. The second kappa shape index (κ2) is 5.75. The zero-order chi connectivity index (χ0) is 15.6. The Morgan fingerprint density at radius 2 is 2.00 bits per heavy atom. The molecule has 0 unspecified atom stereocenters. The lowest BCUT2D eigenvalue weighted by Crippen LogP contribution is -2.16. The summed E-state index contributed by atoms with van der Waals surface area (Å²) < 4.78 is 26.6. The molecule has 21 heavy (non-hydrogen) atoms. The molecule has 1 N–H and O–H groups in total. The molecule has 1 aromatic carbocycles. The molecule has 0 aliphatic rings. The van der Waals surface area contributed by atoms with Crippen molar-refractivity contribution >= 4 is 28.9 Å². The van der Waals surface area contributed by atoms with E-state index in [1.807, 2.05) is 5.32 Å². The van der Waals surface area contributed by atoms with Crippen LogP contribution in [0.1, 0.15) is 10.5 Å². The Balaban J connectivity index is 2.37. The Hall–Kier alpha value is -2.68. The van der Waals surface area contributed by atoms with Crippen LogP contribution in [0.2, 0.25) is 5.15 Å². The summed E-state index contributed by atoms with van der Waals surface area (Å²) in [6.45, 7) is 0. The molecule has 108 valence electrons. The normalized spacial score (nSPS) is 10.2. The lowest BCUT2D eigenvalue weighted by molar-refractivity contribution is -0.384. The number of nitro benzene ring substituents is 1. The predicted molar refractivity (Wildman–Crippen MR) is 68.0 cm³/mol. The first kappa shape index (κ1) is 14.7. The molecule has 0 radical (unpaired) electrons. The van der Waals surface area contributed by atoms with Crippen molar-refractivity contribution in [3.05, 3.63) is 57.1 Å². The highest BCUT2D eigenvalue weighted by molar-refractivity contribution is 6.29. The van der Waals surface area contributed by atoms with Gasteiger partial charge in [-0.2, -0.15) is 0 Å². The van der Waals surface area contributed by atoms with Gasteiger partial charge in [0.2, 0.25) is 0 Å². The first-order valence-corrected chi connectivity index (χ1v) is 5.68. The maximum Gasteiger partial charge on any atom is 0.298 e. The number of benzene rings is 1. The average Bonchev–Trinajstić information content (AvgIpc) is 2.41. The maximum absolute atomic E-state index is 13.6. The van der Waals surface area contributed by atoms with Gasteiger partial charge in [-0.3, -0.25) is 14.9 Å². The highest BCUT2D eigenvalue weighted by Gasteiger charge is 2.23. The van der Waals surface area contributed by atoms with E-state index in [0.717, 1.165) is 12.4 Å². The number of nitrogens with one attached hydrogen (secondary N) is 1. The second-order valence-electron chi connectivity index (χ2n) is 3.72. The zero-order valence-electron chi connectivity index (χ0n) is 10.0. The number of nitrogens with zero attached hydrogens (tertiary/aromatic N) is 3. The molecule has 0 atom stereocenters. The smallest absolute Gasteiger partial charge is 0.298 e. The SMILES string of the molecule is O=C(Nc1c(F)cc(F)cc1[N+](=O)[O-])c1cnc(Cl)cn1. The van der Waals surface area contributed by atoms with E-state index >= 15 is 0 Å². The van der Waals surface area contributed by atoms with Crippen LogP contribution in [0.15, 0.2) is 24.5 Å². The van der Waals surface area contributed by atoms with Crippen molar-refractivity contribution in [3.8, 4) is 0 Å².